The van der Waals surface area contributed by atoms with E-state index in [-0.39, 0.29) is 0 Å². The van der Waals surface area contributed by atoms with E-state index in [0.29, 0.717) is 12.1 Å². The monoisotopic (exact) mass is 265 g/mol. The van der Waals surface area contributed by atoms with Crippen molar-refractivity contribution in [1.82, 2.24) is 15.1 Å². The average molecular weight is 265 g/mol. The molecule has 0 bridgehead atoms. The molecule has 3 unspecified atom stereocenters. The Morgan fingerprint density at radius 2 is 1.95 bits per heavy atom. The van der Waals surface area contributed by atoms with Gasteiger partial charge in [0, 0.05) is 24.7 Å². The van der Waals surface area contributed by atoms with Crippen molar-refractivity contribution >= 4 is 0 Å². The van der Waals surface area contributed by atoms with E-state index in [4.69, 9.17) is 5.10 Å². The lowest BCUT2D eigenvalue weighted by Gasteiger charge is -2.20. The smallest absolute Gasteiger partial charge is 0.0640 e. The number of likely N-dealkylation sites (N-methyl/N-ethyl adjacent to an activating group) is 1. The van der Waals surface area contributed by atoms with Gasteiger partial charge >= 0.3 is 0 Å². The lowest BCUT2D eigenvalue weighted by atomic mass is 9.96. The molecule has 0 aliphatic rings. The summed E-state index contributed by atoms with van der Waals surface area (Å²) < 4.78 is 2.10. The Hall–Kier alpha value is -0.830. The van der Waals surface area contributed by atoms with Gasteiger partial charge in [0.1, 0.15) is 0 Å². The highest BCUT2D eigenvalue weighted by atomic mass is 15.3. The van der Waals surface area contributed by atoms with Crippen LogP contribution in [0.3, 0.4) is 0 Å². The van der Waals surface area contributed by atoms with Gasteiger partial charge in [0.05, 0.1) is 5.69 Å². The molecule has 1 rings (SSSR count). The summed E-state index contributed by atoms with van der Waals surface area (Å²) in [7, 11) is 0. The number of nitrogens with zero attached hydrogens (tertiary/aromatic N) is 2. The molecular weight excluding hydrogens is 234 g/mol. The third-order valence-corrected chi connectivity index (χ3v) is 4.04. The predicted octanol–water partition coefficient (Wildman–Crippen LogP) is 3.81. The molecule has 0 radical (unpaired) electrons. The normalized spacial score (nSPS) is 16.3. The van der Waals surface area contributed by atoms with Gasteiger partial charge in [-0.1, -0.05) is 34.1 Å². The van der Waals surface area contributed by atoms with Gasteiger partial charge in [0.25, 0.3) is 0 Å². The van der Waals surface area contributed by atoms with Gasteiger partial charge < -0.3 is 5.32 Å². The Morgan fingerprint density at radius 3 is 2.53 bits per heavy atom. The molecule has 0 saturated heterocycles. The molecule has 19 heavy (non-hydrogen) atoms. The molecule has 0 fully saturated rings. The number of hydrogen-bond donors (Lipinski definition) is 1. The number of hydrogen-bond acceptors (Lipinski definition) is 2. The first-order valence-electron chi connectivity index (χ1n) is 7.88. The maximum absolute atomic E-state index is 4.71. The molecule has 1 aromatic heterocycles. The summed E-state index contributed by atoms with van der Waals surface area (Å²) in [6.45, 7) is 12.2. The summed E-state index contributed by atoms with van der Waals surface area (Å²) in [5.41, 5.74) is 1.22. The molecular formula is C16H31N3. The molecule has 0 saturated carbocycles. The van der Waals surface area contributed by atoms with Crippen LogP contribution >= 0.6 is 0 Å². The number of nitrogens with one attached hydrogen (secondary N) is 1. The van der Waals surface area contributed by atoms with E-state index in [0.717, 1.165) is 25.3 Å². The molecule has 0 aromatic carbocycles. The van der Waals surface area contributed by atoms with Crippen LogP contribution in [-0.4, -0.2) is 22.4 Å². The maximum atomic E-state index is 4.71. The fourth-order valence-electron chi connectivity index (χ4n) is 2.35. The predicted molar refractivity (Wildman–Crippen MR) is 82.5 cm³/mol. The minimum atomic E-state index is 0.501. The topological polar surface area (TPSA) is 29.9 Å². The second-order valence-electron chi connectivity index (χ2n) is 5.75. The summed E-state index contributed by atoms with van der Waals surface area (Å²) in [4.78, 5) is 0. The molecule has 0 amide bonds. The first-order chi connectivity index (χ1) is 9.10. The molecule has 0 aliphatic carbocycles. The van der Waals surface area contributed by atoms with Crippen LogP contribution < -0.4 is 5.32 Å². The van der Waals surface area contributed by atoms with Crippen molar-refractivity contribution < 1.29 is 0 Å². The van der Waals surface area contributed by atoms with Gasteiger partial charge in [0.15, 0.2) is 0 Å². The lowest BCUT2D eigenvalue weighted by molar-refractivity contribution is 0.392. The van der Waals surface area contributed by atoms with Crippen LogP contribution in [0.15, 0.2) is 12.3 Å². The summed E-state index contributed by atoms with van der Waals surface area (Å²) >= 11 is 0. The zero-order valence-electron chi connectivity index (χ0n) is 13.3. The largest absolute Gasteiger partial charge is 0.314 e. The zero-order valence-corrected chi connectivity index (χ0v) is 13.3. The quantitative estimate of drug-likeness (QED) is 0.736. The lowest BCUT2D eigenvalue weighted by Crippen LogP contribution is -2.32. The van der Waals surface area contributed by atoms with E-state index in [2.05, 4.69) is 56.9 Å². The van der Waals surface area contributed by atoms with Gasteiger partial charge in [-0.15, -0.1) is 0 Å². The van der Waals surface area contributed by atoms with Crippen molar-refractivity contribution in [2.45, 2.75) is 72.4 Å². The van der Waals surface area contributed by atoms with E-state index in [9.17, 15) is 0 Å². The molecule has 1 heterocycles. The molecule has 0 spiro atoms. The molecule has 3 atom stereocenters. The van der Waals surface area contributed by atoms with Crippen LogP contribution in [0.4, 0.5) is 0 Å². The summed E-state index contributed by atoms with van der Waals surface area (Å²) in [5.74, 6) is 0.778. The molecule has 1 N–H and O–H groups in total. The zero-order chi connectivity index (χ0) is 14.3. The summed E-state index contributed by atoms with van der Waals surface area (Å²) in [5, 5.41) is 8.31. The Morgan fingerprint density at radius 1 is 1.21 bits per heavy atom. The van der Waals surface area contributed by atoms with Crippen molar-refractivity contribution in [2.24, 2.45) is 5.92 Å². The van der Waals surface area contributed by atoms with E-state index in [1.54, 1.807) is 0 Å². The van der Waals surface area contributed by atoms with Crippen molar-refractivity contribution in [2.75, 3.05) is 6.54 Å². The van der Waals surface area contributed by atoms with E-state index < -0.39 is 0 Å². The van der Waals surface area contributed by atoms with Gasteiger partial charge in [-0.3, -0.25) is 4.68 Å². The molecule has 0 aliphatic heterocycles. The minimum Gasteiger partial charge on any atom is -0.314 e. The standard InChI is InChI=1S/C16H31N3/c1-6-13(4)11-16(17-8-3)12-15-9-10-19(18-15)14(5)7-2/h9-10,13-14,16-17H,6-8,11-12H2,1-5H3. The second-order valence-corrected chi connectivity index (χ2v) is 5.75. The molecule has 1 aromatic rings. The minimum absolute atomic E-state index is 0.501. The Labute approximate surface area is 118 Å². The number of rotatable bonds is 9. The van der Waals surface area contributed by atoms with Gasteiger partial charge in [-0.05, 0) is 38.3 Å². The van der Waals surface area contributed by atoms with Crippen molar-refractivity contribution in [3.05, 3.63) is 18.0 Å². The van der Waals surface area contributed by atoms with E-state index >= 15 is 0 Å². The third-order valence-electron chi connectivity index (χ3n) is 4.04. The van der Waals surface area contributed by atoms with E-state index in [1.165, 1.54) is 18.5 Å². The van der Waals surface area contributed by atoms with Crippen molar-refractivity contribution in [1.29, 1.82) is 0 Å². The van der Waals surface area contributed by atoms with Gasteiger partial charge in [0.2, 0.25) is 0 Å². The Balaban J connectivity index is 2.60. The van der Waals surface area contributed by atoms with Crippen molar-refractivity contribution in [3.63, 3.8) is 0 Å². The van der Waals surface area contributed by atoms with E-state index in [1.807, 2.05) is 0 Å². The Bertz CT molecular complexity index is 346. The highest BCUT2D eigenvalue weighted by molar-refractivity contribution is 5.02. The second kappa shape index (κ2) is 8.36. The third kappa shape index (κ3) is 5.35. The highest BCUT2D eigenvalue weighted by Gasteiger charge is 2.14. The molecule has 3 heteroatoms. The van der Waals surface area contributed by atoms with Gasteiger partial charge in [-0.2, -0.15) is 5.10 Å². The van der Waals surface area contributed by atoms with Crippen molar-refractivity contribution in [3.8, 4) is 0 Å². The van der Waals surface area contributed by atoms with Gasteiger partial charge in [-0.25, -0.2) is 0 Å². The average Bonchev–Trinajstić information content (AvgIpc) is 2.86. The first-order valence-corrected chi connectivity index (χ1v) is 7.88. The fraction of sp³-hybridized carbons (Fsp3) is 0.812. The summed E-state index contributed by atoms with van der Waals surface area (Å²) in [6.07, 6.45) is 6.78. The van der Waals surface area contributed by atoms with Crippen LogP contribution in [0.25, 0.3) is 0 Å². The molecule has 3 nitrogen and oxygen atoms in total. The van der Waals surface area contributed by atoms with Crippen LogP contribution in [0.5, 0.6) is 0 Å². The fourth-order valence-corrected chi connectivity index (χ4v) is 2.35. The summed E-state index contributed by atoms with van der Waals surface area (Å²) in [6, 6.07) is 3.23. The Kier molecular flexibility index (Phi) is 7.14. The SMILES string of the molecule is CCNC(Cc1ccn(C(C)CC)n1)CC(C)CC. The van der Waals surface area contributed by atoms with Crippen LogP contribution in [0.1, 0.15) is 65.6 Å². The van der Waals surface area contributed by atoms with Crippen LogP contribution in [-0.2, 0) is 6.42 Å². The first kappa shape index (κ1) is 16.2. The maximum Gasteiger partial charge on any atom is 0.0640 e. The molecule has 110 valence electrons. The van der Waals surface area contributed by atoms with Crippen LogP contribution in [0.2, 0.25) is 0 Å². The highest BCUT2D eigenvalue weighted by Crippen LogP contribution is 2.15. The van der Waals surface area contributed by atoms with Crippen LogP contribution in [0, 0.1) is 5.92 Å². The number of aromatic nitrogens is 2.